The van der Waals surface area contributed by atoms with Gasteiger partial charge < -0.3 is 5.32 Å². The molecule has 1 unspecified atom stereocenters. The normalized spacial score (nSPS) is 19.0. The molecule has 3 rings (SSSR count). The van der Waals surface area contributed by atoms with Crippen LogP contribution in [0.1, 0.15) is 25.5 Å². The highest BCUT2D eigenvalue weighted by molar-refractivity contribution is 5.43. The third kappa shape index (κ3) is 3.10. The van der Waals surface area contributed by atoms with E-state index in [-0.39, 0.29) is 0 Å². The maximum atomic E-state index is 4.63. The zero-order valence-corrected chi connectivity index (χ0v) is 12.9. The van der Waals surface area contributed by atoms with Crippen molar-refractivity contribution >= 4 is 5.95 Å². The van der Waals surface area contributed by atoms with Crippen LogP contribution in [0.4, 0.5) is 5.95 Å². The molecule has 1 aromatic heterocycles. The number of hydrogen-bond acceptors (Lipinski definition) is 3. The predicted octanol–water partition coefficient (Wildman–Crippen LogP) is 3.08. The summed E-state index contributed by atoms with van der Waals surface area (Å²) in [5, 5.41) is 3.55. The zero-order valence-electron chi connectivity index (χ0n) is 12.9. The minimum atomic E-state index is 0.635. The van der Waals surface area contributed by atoms with Crippen molar-refractivity contribution in [3.05, 3.63) is 42.2 Å². The number of nitrogens with zero attached hydrogens (tertiary/aromatic N) is 3. The smallest absolute Gasteiger partial charge is 0.207 e. The fraction of sp³-hybridized carbons (Fsp3) is 0.471. The number of para-hydroxylation sites is 1. The quantitative estimate of drug-likeness (QED) is 0.916. The van der Waals surface area contributed by atoms with Crippen molar-refractivity contribution in [3.63, 3.8) is 0 Å². The maximum absolute atomic E-state index is 4.63. The van der Waals surface area contributed by atoms with Crippen LogP contribution >= 0.6 is 0 Å². The van der Waals surface area contributed by atoms with Gasteiger partial charge in [0.15, 0.2) is 0 Å². The standard InChI is InChI=1S/C17H24N4/c1-3-20-11-7-10-16(20)12-18-17-19-14(2)13-21(17)15-8-5-4-6-9-15/h4-6,8-9,13,16H,3,7,10-12H2,1-2H3,(H,18,19). The van der Waals surface area contributed by atoms with E-state index in [0.29, 0.717) is 6.04 Å². The molecule has 1 aliphatic rings. The highest BCUT2D eigenvalue weighted by Gasteiger charge is 2.23. The highest BCUT2D eigenvalue weighted by atomic mass is 15.2. The number of imidazole rings is 1. The molecule has 0 spiro atoms. The first-order chi connectivity index (χ1) is 10.3. The summed E-state index contributed by atoms with van der Waals surface area (Å²) < 4.78 is 2.14. The van der Waals surface area contributed by atoms with Crippen molar-refractivity contribution in [1.82, 2.24) is 14.5 Å². The van der Waals surface area contributed by atoms with E-state index < -0.39 is 0 Å². The summed E-state index contributed by atoms with van der Waals surface area (Å²) in [7, 11) is 0. The Labute approximate surface area is 126 Å². The Morgan fingerprint density at radius 1 is 1.29 bits per heavy atom. The summed E-state index contributed by atoms with van der Waals surface area (Å²) in [6.07, 6.45) is 4.68. The van der Waals surface area contributed by atoms with E-state index >= 15 is 0 Å². The van der Waals surface area contributed by atoms with Crippen molar-refractivity contribution in [2.75, 3.05) is 25.0 Å². The number of rotatable bonds is 5. The molecule has 0 radical (unpaired) electrons. The van der Waals surface area contributed by atoms with Crippen LogP contribution in [0.5, 0.6) is 0 Å². The monoisotopic (exact) mass is 284 g/mol. The van der Waals surface area contributed by atoms with Crippen molar-refractivity contribution < 1.29 is 0 Å². The van der Waals surface area contributed by atoms with Crippen LogP contribution in [-0.4, -0.2) is 40.1 Å². The van der Waals surface area contributed by atoms with Crippen molar-refractivity contribution in [3.8, 4) is 5.69 Å². The second-order valence-corrected chi connectivity index (χ2v) is 5.72. The number of benzene rings is 1. The predicted molar refractivity (Wildman–Crippen MR) is 87.1 cm³/mol. The van der Waals surface area contributed by atoms with Crippen molar-refractivity contribution in [1.29, 1.82) is 0 Å². The van der Waals surface area contributed by atoms with Gasteiger partial charge in [-0.1, -0.05) is 25.1 Å². The second-order valence-electron chi connectivity index (χ2n) is 5.72. The van der Waals surface area contributed by atoms with Gasteiger partial charge in [-0.2, -0.15) is 0 Å². The maximum Gasteiger partial charge on any atom is 0.207 e. The summed E-state index contributed by atoms with van der Waals surface area (Å²) >= 11 is 0. The molecule has 21 heavy (non-hydrogen) atoms. The molecular weight excluding hydrogens is 260 g/mol. The minimum Gasteiger partial charge on any atom is -0.354 e. The molecule has 1 aliphatic heterocycles. The largest absolute Gasteiger partial charge is 0.354 e. The molecule has 0 saturated carbocycles. The molecule has 112 valence electrons. The fourth-order valence-electron chi connectivity index (χ4n) is 3.16. The molecule has 0 bridgehead atoms. The Hall–Kier alpha value is -1.81. The first-order valence-electron chi connectivity index (χ1n) is 7.87. The van der Waals surface area contributed by atoms with Crippen LogP contribution in [-0.2, 0) is 0 Å². The van der Waals surface area contributed by atoms with E-state index in [2.05, 4.69) is 57.2 Å². The molecule has 0 amide bonds. The van der Waals surface area contributed by atoms with Gasteiger partial charge >= 0.3 is 0 Å². The SMILES string of the molecule is CCN1CCCC1CNc1nc(C)cn1-c1ccccc1. The average molecular weight is 284 g/mol. The van der Waals surface area contributed by atoms with Gasteiger partial charge in [-0.05, 0) is 45.0 Å². The number of aromatic nitrogens is 2. The molecule has 1 atom stereocenters. The molecule has 1 aromatic carbocycles. The van der Waals surface area contributed by atoms with Gasteiger partial charge in [0.25, 0.3) is 0 Å². The molecule has 4 heteroatoms. The lowest BCUT2D eigenvalue weighted by Crippen LogP contribution is -2.35. The zero-order chi connectivity index (χ0) is 14.7. The van der Waals surface area contributed by atoms with Crippen LogP contribution in [0, 0.1) is 6.92 Å². The summed E-state index contributed by atoms with van der Waals surface area (Å²) in [4.78, 5) is 7.18. The Morgan fingerprint density at radius 2 is 2.10 bits per heavy atom. The summed E-state index contributed by atoms with van der Waals surface area (Å²) in [6, 6.07) is 11.0. The van der Waals surface area contributed by atoms with Crippen LogP contribution in [0.15, 0.2) is 36.5 Å². The summed E-state index contributed by atoms with van der Waals surface area (Å²) in [6.45, 7) is 7.62. The molecule has 2 heterocycles. The summed E-state index contributed by atoms with van der Waals surface area (Å²) in [5.41, 5.74) is 2.19. The van der Waals surface area contributed by atoms with Gasteiger partial charge in [-0.15, -0.1) is 0 Å². The third-order valence-corrected chi connectivity index (χ3v) is 4.26. The van der Waals surface area contributed by atoms with E-state index in [1.807, 2.05) is 13.0 Å². The molecule has 1 N–H and O–H groups in total. The third-order valence-electron chi connectivity index (χ3n) is 4.26. The lowest BCUT2D eigenvalue weighted by Gasteiger charge is -2.23. The molecular formula is C17H24N4. The number of likely N-dealkylation sites (N-methyl/N-ethyl adjacent to an activating group) is 1. The van der Waals surface area contributed by atoms with E-state index in [9.17, 15) is 0 Å². The van der Waals surface area contributed by atoms with Crippen LogP contribution in [0.2, 0.25) is 0 Å². The molecule has 0 aliphatic carbocycles. The number of nitrogens with one attached hydrogen (secondary N) is 1. The van der Waals surface area contributed by atoms with E-state index in [4.69, 9.17) is 0 Å². The van der Waals surface area contributed by atoms with Gasteiger partial charge in [-0.25, -0.2) is 4.98 Å². The van der Waals surface area contributed by atoms with E-state index in [1.165, 1.54) is 19.4 Å². The van der Waals surface area contributed by atoms with Gasteiger partial charge in [0.2, 0.25) is 5.95 Å². The Morgan fingerprint density at radius 3 is 2.86 bits per heavy atom. The number of likely N-dealkylation sites (tertiary alicyclic amines) is 1. The first kappa shape index (κ1) is 14.1. The number of aryl methyl sites for hydroxylation is 1. The van der Waals surface area contributed by atoms with Gasteiger partial charge in [-0.3, -0.25) is 9.47 Å². The summed E-state index contributed by atoms with van der Waals surface area (Å²) in [5.74, 6) is 0.946. The Bertz CT molecular complexity index is 576. The van der Waals surface area contributed by atoms with E-state index in [0.717, 1.165) is 30.4 Å². The Kier molecular flexibility index (Phi) is 4.25. The van der Waals surface area contributed by atoms with Crippen LogP contribution in [0.25, 0.3) is 5.69 Å². The lowest BCUT2D eigenvalue weighted by atomic mass is 10.2. The molecule has 1 fully saturated rings. The van der Waals surface area contributed by atoms with Crippen molar-refractivity contribution in [2.45, 2.75) is 32.7 Å². The second kappa shape index (κ2) is 6.31. The molecule has 1 saturated heterocycles. The van der Waals surface area contributed by atoms with Gasteiger partial charge in [0.1, 0.15) is 0 Å². The van der Waals surface area contributed by atoms with Crippen molar-refractivity contribution in [2.24, 2.45) is 0 Å². The number of anilines is 1. The minimum absolute atomic E-state index is 0.635. The highest BCUT2D eigenvalue weighted by Crippen LogP contribution is 2.19. The topological polar surface area (TPSA) is 33.1 Å². The first-order valence-corrected chi connectivity index (χ1v) is 7.87. The van der Waals surface area contributed by atoms with E-state index in [1.54, 1.807) is 0 Å². The number of hydrogen-bond donors (Lipinski definition) is 1. The molecule has 4 nitrogen and oxygen atoms in total. The van der Waals surface area contributed by atoms with Gasteiger partial charge in [0.05, 0.1) is 5.69 Å². The van der Waals surface area contributed by atoms with Gasteiger partial charge in [0, 0.05) is 24.5 Å². The van der Waals surface area contributed by atoms with Crippen LogP contribution in [0.3, 0.4) is 0 Å². The average Bonchev–Trinajstić information content (AvgIpc) is 3.11. The lowest BCUT2D eigenvalue weighted by molar-refractivity contribution is 0.276. The Balaban J connectivity index is 1.74. The fourth-order valence-corrected chi connectivity index (χ4v) is 3.16. The molecule has 2 aromatic rings. The van der Waals surface area contributed by atoms with Crippen LogP contribution < -0.4 is 5.32 Å².